The first-order valence-corrected chi connectivity index (χ1v) is 31.2. The SMILES string of the molecule is CC1(C)CCC(C)(C)c2cc(N3c4cc5c(cc4B4c6ccc7c(c6N(c6cccc8sc9ccccc9c68)c6cc(N8c9ccccc9C9(C)CCCCC89C)cc3c64)-c3ccccc3C7(C)C)C(C)(C)CCC5(C)C)ccc21. The Morgan fingerprint density at radius 3 is 1.77 bits per heavy atom. The zero-order valence-corrected chi connectivity index (χ0v) is 50.2. The van der Waals surface area contributed by atoms with Crippen LogP contribution in [0.1, 0.15) is 173 Å². The van der Waals surface area contributed by atoms with Gasteiger partial charge in [0.1, 0.15) is 0 Å². The molecule has 0 radical (unpaired) electrons. The van der Waals surface area contributed by atoms with Gasteiger partial charge in [0.05, 0.1) is 11.2 Å². The highest BCUT2D eigenvalue weighted by atomic mass is 32.1. The van der Waals surface area contributed by atoms with E-state index in [9.17, 15) is 0 Å². The van der Waals surface area contributed by atoms with Gasteiger partial charge < -0.3 is 14.7 Å². The molecule has 0 saturated heterocycles. The van der Waals surface area contributed by atoms with E-state index >= 15 is 0 Å². The molecule has 4 aliphatic carbocycles. The summed E-state index contributed by atoms with van der Waals surface area (Å²) in [6, 6.07) is 58.9. The molecule has 2 atom stereocenters. The minimum absolute atomic E-state index is 0.0122. The van der Waals surface area contributed by atoms with Gasteiger partial charge in [-0.1, -0.05) is 180 Å². The van der Waals surface area contributed by atoms with E-state index in [4.69, 9.17) is 0 Å². The van der Waals surface area contributed by atoms with Gasteiger partial charge >= 0.3 is 0 Å². The van der Waals surface area contributed by atoms with Crippen LogP contribution in [0.3, 0.4) is 0 Å². The predicted molar refractivity (Wildman–Crippen MR) is 344 cm³/mol. The maximum atomic E-state index is 2.86. The molecule has 7 aliphatic rings. The van der Waals surface area contributed by atoms with Crippen LogP contribution in [0.5, 0.6) is 0 Å². The topological polar surface area (TPSA) is 9.72 Å². The number of benzene rings is 8. The summed E-state index contributed by atoms with van der Waals surface area (Å²) >= 11 is 1.93. The Labute approximate surface area is 480 Å². The molecule has 1 saturated carbocycles. The van der Waals surface area contributed by atoms with Crippen molar-refractivity contribution in [3.8, 4) is 11.1 Å². The second-order valence-corrected chi connectivity index (χ2v) is 30.3. The molecule has 0 amide bonds. The van der Waals surface area contributed by atoms with E-state index in [2.05, 4.69) is 243 Å². The highest BCUT2D eigenvalue weighted by Crippen LogP contribution is 2.63. The lowest BCUT2D eigenvalue weighted by Crippen LogP contribution is -2.62. The molecule has 80 heavy (non-hydrogen) atoms. The molecule has 16 rings (SSSR count). The van der Waals surface area contributed by atoms with Crippen LogP contribution in [-0.2, 0) is 32.5 Å². The summed E-state index contributed by atoms with van der Waals surface area (Å²) in [4.78, 5) is 8.48. The number of fused-ring (bicyclic) bond motifs is 16. The molecule has 9 aromatic rings. The van der Waals surface area contributed by atoms with Gasteiger partial charge in [-0.3, -0.25) is 0 Å². The fraction of sp³-hybridized carbons (Fsp3) is 0.360. The van der Waals surface area contributed by atoms with Gasteiger partial charge in [-0.05, 0) is 183 Å². The summed E-state index contributed by atoms with van der Waals surface area (Å²) in [7, 11) is 0. The Hall–Kier alpha value is -6.56. The molecular formula is C75H76BN3S. The molecular weight excluding hydrogens is 986 g/mol. The first-order chi connectivity index (χ1) is 38.1. The van der Waals surface area contributed by atoms with Gasteiger partial charge in [-0.2, -0.15) is 0 Å². The molecule has 5 heteroatoms. The highest BCUT2D eigenvalue weighted by molar-refractivity contribution is 7.26. The summed E-state index contributed by atoms with van der Waals surface area (Å²) in [5, 5.41) is 2.66. The third-order valence-electron chi connectivity index (χ3n) is 22.7. The van der Waals surface area contributed by atoms with Crippen LogP contribution in [0.4, 0.5) is 45.5 Å². The van der Waals surface area contributed by atoms with Crippen LogP contribution in [-0.4, -0.2) is 12.3 Å². The molecule has 2 unspecified atom stereocenters. The average Bonchev–Trinajstić information content (AvgIpc) is 1.81. The van der Waals surface area contributed by atoms with Crippen LogP contribution >= 0.6 is 11.3 Å². The van der Waals surface area contributed by atoms with Crippen molar-refractivity contribution in [3.63, 3.8) is 0 Å². The van der Waals surface area contributed by atoms with Crippen molar-refractivity contribution >= 4 is 100 Å². The molecule has 1 fully saturated rings. The third kappa shape index (κ3) is 6.24. The minimum atomic E-state index is -0.189. The predicted octanol–water partition coefficient (Wildman–Crippen LogP) is 18.9. The number of thiophene rings is 1. The van der Waals surface area contributed by atoms with Gasteiger partial charge in [0.2, 0.25) is 0 Å². The van der Waals surface area contributed by atoms with E-state index in [1.165, 1.54) is 171 Å². The normalized spacial score (nSPS) is 23.4. The van der Waals surface area contributed by atoms with E-state index in [-0.39, 0.29) is 44.7 Å². The average molecular weight is 1060 g/mol. The number of hydrogen-bond donors (Lipinski definition) is 0. The third-order valence-corrected chi connectivity index (χ3v) is 23.9. The van der Waals surface area contributed by atoms with Crippen LogP contribution in [0, 0.1) is 0 Å². The smallest absolute Gasteiger partial charge is 0.252 e. The van der Waals surface area contributed by atoms with E-state index in [0.29, 0.717) is 0 Å². The van der Waals surface area contributed by atoms with Crippen molar-refractivity contribution in [3.05, 3.63) is 185 Å². The molecule has 400 valence electrons. The van der Waals surface area contributed by atoms with Gasteiger partial charge in [0.15, 0.2) is 0 Å². The highest BCUT2D eigenvalue weighted by Gasteiger charge is 2.58. The van der Waals surface area contributed by atoms with Crippen LogP contribution in [0.15, 0.2) is 146 Å². The van der Waals surface area contributed by atoms with Gasteiger partial charge in [0, 0.05) is 76.4 Å². The van der Waals surface area contributed by atoms with Crippen LogP contribution in [0.25, 0.3) is 31.3 Å². The largest absolute Gasteiger partial charge is 0.334 e. The Balaban J connectivity index is 1.10. The lowest BCUT2D eigenvalue weighted by Gasteiger charge is -2.51. The molecule has 1 aromatic heterocycles. The number of rotatable bonds is 3. The first kappa shape index (κ1) is 49.3. The lowest BCUT2D eigenvalue weighted by molar-refractivity contribution is 0.195. The minimum Gasteiger partial charge on any atom is -0.334 e. The summed E-state index contributed by atoms with van der Waals surface area (Å²) in [6.45, 7) is 30.2. The van der Waals surface area contributed by atoms with Crippen molar-refractivity contribution in [1.82, 2.24) is 0 Å². The molecule has 0 N–H and O–H groups in total. The van der Waals surface area contributed by atoms with E-state index in [1.54, 1.807) is 0 Å². The van der Waals surface area contributed by atoms with Crippen LogP contribution in [0.2, 0.25) is 0 Å². The second-order valence-electron chi connectivity index (χ2n) is 29.2. The molecule has 0 spiro atoms. The van der Waals surface area contributed by atoms with Crippen LogP contribution < -0.4 is 31.1 Å². The van der Waals surface area contributed by atoms with E-state index < -0.39 is 0 Å². The Morgan fingerprint density at radius 1 is 0.412 bits per heavy atom. The number of anilines is 8. The molecule has 4 heterocycles. The Morgan fingerprint density at radius 2 is 1.01 bits per heavy atom. The number of hydrogen-bond acceptors (Lipinski definition) is 4. The molecule has 0 bridgehead atoms. The summed E-state index contributed by atoms with van der Waals surface area (Å²) in [5.74, 6) is 0. The van der Waals surface area contributed by atoms with Crippen molar-refractivity contribution in [2.24, 2.45) is 0 Å². The van der Waals surface area contributed by atoms with Gasteiger partial charge in [-0.15, -0.1) is 11.3 Å². The van der Waals surface area contributed by atoms with Gasteiger partial charge in [-0.25, -0.2) is 0 Å². The zero-order chi connectivity index (χ0) is 55.0. The standard InChI is InChI=1S/C75H76BN3S/c1-69(2)36-37-70(3,4)53-40-45(30-31-50(53)69)77-60-44-55-54(71(5,6)38-39-72(55,7)8)43-57(60)76-56-33-32-52-65(47-22-13-15-24-49(47)73(52,9)10)68(56)78(59-27-21-29-64-66(59)48-23-14-18-28-63(48)80-64)62-42-46(41-61(77)67(62)76)79-58-26-17-16-25-51(58)74(11)34-19-20-35-75(74,79)12/h13-18,21-33,40-44H,19-20,34-39H2,1-12H3. The first-order valence-electron chi connectivity index (χ1n) is 30.3. The lowest BCUT2D eigenvalue weighted by atomic mass is 9.33. The summed E-state index contributed by atoms with van der Waals surface area (Å²) < 4.78 is 2.66. The molecule has 8 aromatic carbocycles. The van der Waals surface area contributed by atoms with Crippen molar-refractivity contribution in [1.29, 1.82) is 0 Å². The van der Waals surface area contributed by atoms with E-state index in [0.717, 1.165) is 12.8 Å². The Bertz CT molecular complexity index is 4210. The number of para-hydroxylation sites is 1. The monoisotopic (exact) mass is 1060 g/mol. The zero-order valence-electron chi connectivity index (χ0n) is 49.3. The van der Waals surface area contributed by atoms with Crippen molar-refractivity contribution in [2.45, 2.75) is 172 Å². The van der Waals surface area contributed by atoms with E-state index in [1.807, 2.05) is 11.3 Å². The fourth-order valence-electron chi connectivity index (χ4n) is 17.7. The molecule has 3 nitrogen and oxygen atoms in total. The second kappa shape index (κ2) is 15.9. The maximum Gasteiger partial charge on any atom is 0.252 e. The fourth-order valence-corrected chi connectivity index (χ4v) is 18.9. The quantitative estimate of drug-likeness (QED) is 0.163. The maximum absolute atomic E-state index is 2.86. The number of nitrogens with zero attached hydrogens (tertiary/aromatic N) is 3. The summed E-state index contributed by atoms with van der Waals surface area (Å²) in [6.07, 6.45) is 9.49. The summed E-state index contributed by atoms with van der Waals surface area (Å²) in [5.41, 5.74) is 27.6. The van der Waals surface area contributed by atoms with Crippen molar-refractivity contribution < 1.29 is 0 Å². The van der Waals surface area contributed by atoms with Gasteiger partial charge in [0.25, 0.3) is 6.71 Å². The Kier molecular flexibility index (Phi) is 9.80. The molecule has 3 aliphatic heterocycles. The van der Waals surface area contributed by atoms with Crippen molar-refractivity contribution in [2.75, 3.05) is 14.7 Å².